The van der Waals surface area contributed by atoms with Crippen LogP contribution in [-0.4, -0.2) is 22.5 Å². The van der Waals surface area contributed by atoms with Crippen molar-refractivity contribution >= 4 is 18.4 Å². The first-order valence-electron chi connectivity index (χ1n) is 5.26. The monoisotopic (exact) mass is 238 g/mol. The molecule has 0 N–H and O–H groups in total. The van der Waals surface area contributed by atoms with E-state index in [1.54, 1.807) is 0 Å². The van der Waals surface area contributed by atoms with Crippen LogP contribution in [0.2, 0.25) is 19.1 Å². The molecule has 0 saturated heterocycles. The van der Waals surface area contributed by atoms with Gasteiger partial charge >= 0.3 is 0 Å². The molecule has 0 rings (SSSR count). The maximum Gasteiger partial charge on any atom is 0.257 e. The van der Waals surface area contributed by atoms with E-state index in [4.69, 9.17) is 3.87 Å². The van der Waals surface area contributed by atoms with Gasteiger partial charge in [-0.2, -0.15) is 0 Å². The fraction of sp³-hybridized carbons (Fsp3) is 1.00. The highest BCUT2D eigenvalue weighted by molar-refractivity contribution is 7.87. The molecule has 3 nitrogen and oxygen atoms in total. The summed E-state index contributed by atoms with van der Waals surface area (Å²) in [6.07, 6.45) is 2.77. The number of unbranched alkanes of at least 4 members (excludes halogenated alkanes) is 1. The van der Waals surface area contributed by atoms with Gasteiger partial charge in [0.15, 0.2) is 0 Å². The molecule has 0 fully saturated rings. The summed E-state index contributed by atoms with van der Waals surface area (Å²) < 4.78 is 28.1. The summed E-state index contributed by atoms with van der Waals surface area (Å²) >= 11 is 0. The maximum atomic E-state index is 11.4. The highest BCUT2D eigenvalue weighted by Crippen LogP contribution is 2.18. The molecule has 0 heterocycles. The number of hydrogen-bond acceptors (Lipinski definition) is 3. The summed E-state index contributed by atoms with van der Waals surface area (Å²) in [5, 5.41) is 0. The van der Waals surface area contributed by atoms with Gasteiger partial charge in [0.1, 0.15) is 0 Å². The van der Waals surface area contributed by atoms with E-state index >= 15 is 0 Å². The van der Waals surface area contributed by atoms with Gasteiger partial charge in [0, 0.05) is 0 Å². The van der Waals surface area contributed by atoms with Crippen LogP contribution in [0.5, 0.6) is 0 Å². The largest absolute Gasteiger partial charge is 0.315 e. The average Bonchev–Trinajstić information content (AvgIpc) is 1.98. The first-order chi connectivity index (χ1) is 6.33. The Hall–Kier alpha value is 0.127. The molecule has 0 amide bonds. The molecule has 0 atom stereocenters. The van der Waals surface area contributed by atoms with E-state index in [2.05, 4.69) is 6.92 Å². The van der Waals surface area contributed by atoms with Gasteiger partial charge in [0.05, 0.1) is 5.75 Å². The van der Waals surface area contributed by atoms with Crippen molar-refractivity contribution in [3.05, 3.63) is 0 Å². The van der Waals surface area contributed by atoms with Crippen molar-refractivity contribution in [2.75, 3.05) is 5.75 Å². The van der Waals surface area contributed by atoms with Crippen LogP contribution >= 0.6 is 0 Å². The number of hydrogen-bond donors (Lipinski definition) is 0. The SMILES string of the molecule is CCCC[Si](C)(C)OS(=O)(=O)CCC. The molecule has 86 valence electrons. The lowest BCUT2D eigenvalue weighted by atomic mass is 10.4. The fourth-order valence-electron chi connectivity index (χ4n) is 1.28. The zero-order valence-electron chi connectivity index (χ0n) is 9.67. The standard InChI is InChI=1S/C9H22O3SSi/c1-5-7-9-14(3,4)12-13(10,11)8-6-2/h5-9H2,1-4H3. The summed E-state index contributed by atoms with van der Waals surface area (Å²) in [5.41, 5.74) is 0. The van der Waals surface area contributed by atoms with Gasteiger partial charge in [-0.3, -0.25) is 0 Å². The minimum Gasteiger partial charge on any atom is -0.315 e. The lowest BCUT2D eigenvalue weighted by Gasteiger charge is -2.21. The van der Waals surface area contributed by atoms with Crippen molar-refractivity contribution in [3.63, 3.8) is 0 Å². The quantitative estimate of drug-likeness (QED) is 0.641. The van der Waals surface area contributed by atoms with Crippen molar-refractivity contribution in [2.24, 2.45) is 0 Å². The van der Waals surface area contributed by atoms with Crippen molar-refractivity contribution in [1.82, 2.24) is 0 Å². The molecule has 0 bridgehead atoms. The predicted molar refractivity (Wildman–Crippen MR) is 62.4 cm³/mol. The third kappa shape index (κ3) is 6.56. The van der Waals surface area contributed by atoms with Crippen LogP contribution in [0.3, 0.4) is 0 Å². The minimum absolute atomic E-state index is 0.148. The molecule has 0 spiro atoms. The van der Waals surface area contributed by atoms with E-state index in [1.165, 1.54) is 0 Å². The Balaban J connectivity index is 4.20. The second kappa shape index (κ2) is 5.88. The minimum atomic E-state index is -3.26. The summed E-state index contributed by atoms with van der Waals surface area (Å²) in [6, 6.07) is 0.923. The van der Waals surface area contributed by atoms with Gasteiger partial charge < -0.3 is 3.87 Å². The summed E-state index contributed by atoms with van der Waals surface area (Å²) in [6.45, 7) is 7.89. The normalized spacial score (nSPS) is 13.1. The molecule has 0 saturated carbocycles. The molecule has 0 aliphatic heterocycles. The zero-order valence-corrected chi connectivity index (χ0v) is 11.5. The van der Waals surface area contributed by atoms with E-state index < -0.39 is 18.4 Å². The van der Waals surface area contributed by atoms with Crippen LogP contribution in [0.15, 0.2) is 0 Å². The van der Waals surface area contributed by atoms with E-state index in [1.807, 2.05) is 20.0 Å². The molecule has 0 aliphatic rings. The van der Waals surface area contributed by atoms with E-state index in [0.29, 0.717) is 6.42 Å². The third-order valence-corrected chi connectivity index (χ3v) is 7.23. The molecule has 14 heavy (non-hydrogen) atoms. The topological polar surface area (TPSA) is 43.4 Å². The second-order valence-corrected chi connectivity index (χ2v) is 10.4. The Bertz CT molecular complexity index is 247. The Morgan fingerprint density at radius 1 is 1.14 bits per heavy atom. The van der Waals surface area contributed by atoms with Crippen molar-refractivity contribution < 1.29 is 12.3 Å². The van der Waals surface area contributed by atoms with Gasteiger partial charge in [-0.25, -0.2) is 8.42 Å². The Kier molecular flexibility index (Phi) is 5.93. The van der Waals surface area contributed by atoms with Crippen LogP contribution in [0, 0.1) is 0 Å². The molecule has 0 unspecified atom stereocenters. The predicted octanol–water partition coefficient (Wildman–Crippen LogP) is 2.75. The Morgan fingerprint density at radius 2 is 1.71 bits per heavy atom. The van der Waals surface area contributed by atoms with Crippen LogP contribution < -0.4 is 0 Å². The van der Waals surface area contributed by atoms with Crippen LogP contribution in [-0.2, 0) is 14.0 Å². The summed E-state index contributed by atoms with van der Waals surface area (Å²) in [7, 11) is -5.24. The van der Waals surface area contributed by atoms with E-state index in [9.17, 15) is 8.42 Å². The molecule has 0 radical (unpaired) electrons. The lowest BCUT2D eigenvalue weighted by molar-refractivity contribution is 0.479. The Labute approximate surface area is 89.1 Å². The van der Waals surface area contributed by atoms with Gasteiger partial charge in [0.25, 0.3) is 10.1 Å². The summed E-state index contributed by atoms with van der Waals surface area (Å²) in [5.74, 6) is 0.148. The smallest absolute Gasteiger partial charge is 0.257 e. The highest BCUT2D eigenvalue weighted by atomic mass is 32.2. The molecule has 0 aromatic carbocycles. The van der Waals surface area contributed by atoms with E-state index in [0.717, 1.165) is 18.9 Å². The van der Waals surface area contributed by atoms with E-state index in [-0.39, 0.29) is 5.75 Å². The van der Waals surface area contributed by atoms with Gasteiger partial charge in [-0.15, -0.1) is 0 Å². The highest BCUT2D eigenvalue weighted by Gasteiger charge is 2.28. The fourth-order valence-corrected chi connectivity index (χ4v) is 6.40. The first-order valence-corrected chi connectivity index (χ1v) is 9.95. The Morgan fingerprint density at radius 3 is 2.14 bits per heavy atom. The number of rotatable bonds is 7. The maximum absolute atomic E-state index is 11.4. The van der Waals surface area contributed by atoms with Crippen LogP contribution in [0.25, 0.3) is 0 Å². The average molecular weight is 238 g/mol. The molecular formula is C9H22O3SSi. The van der Waals surface area contributed by atoms with Crippen molar-refractivity contribution in [2.45, 2.75) is 52.2 Å². The molecule has 5 heteroatoms. The molecule has 0 aromatic heterocycles. The molecule has 0 aromatic rings. The molecule has 0 aliphatic carbocycles. The van der Waals surface area contributed by atoms with Gasteiger partial charge in [0.2, 0.25) is 8.32 Å². The third-order valence-electron chi connectivity index (χ3n) is 1.94. The van der Waals surface area contributed by atoms with Crippen LogP contribution in [0.1, 0.15) is 33.1 Å². The lowest BCUT2D eigenvalue weighted by Crippen LogP contribution is -2.34. The zero-order chi connectivity index (χ0) is 11.2. The van der Waals surface area contributed by atoms with Gasteiger partial charge in [-0.1, -0.05) is 26.7 Å². The van der Waals surface area contributed by atoms with Crippen molar-refractivity contribution in [1.29, 1.82) is 0 Å². The molecular weight excluding hydrogens is 216 g/mol. The van der Waals surface area contributed by atoms with Gasteiger partial charge in [-0.05, 0) is 25.6 Å². The van der Waals surface area contributed by atoms with Crippen molar-refractivity contribution in [3.8, 4) is 0 Å². The second-order valence-electron chi connectivity index (χ2n) is 4.21. The summed E-state index contributed by atoms with van der Waals surface area (Å²) in [4.78, 5) is 0. The van der Waals surface area contributed by atoms with Crippen LogP contribution in [0.4, 0.5) is 0 Å². The first kappa shape index (κ1) is 14.1.